The van der Waals surface area contributed by atoms with Crippen LogP contribution in [0.15, 0.2) is 46.9 Å². The first-order valence-corrected chi connectivity index (χ1v) is 9.94. The molecule has 0 saturated heterocycles. The van der Waals surface area contributed by atoms with Crippen molar-refractivity contribution in [2.24, 2.45) is 0 Å². The lowest BCUT2D eigenvalue weighted by Crippen LogP contribution is -2.45. The van der Waals surface area contributed by atoms with Crippen LogP contribution in [0.3, 0.4) is 0 Å². The maximum absolute atomic E-state index is 11.8. The highest BCUT2D eigenvalue weighted by molar-refractivity contribution is 9.10. The van der Waals surface area contributed by atoms with Crippen molar-refractivity contribution >= 4 is 39.3 Å². The van der Waals surface area contributed by atoms with Crippen LogP contribution in [0.4, 0.5) is 0 Å². The molecule has 0 bridgehead atoms. The Morgan fingerprint density at radius 2 is 1.64 bits per heavy atom. The average Bonchev–Trinajstić information content (AvgIpc) is 2.70. The summed E-state index contributed by atoms with van der Waals surface area (Å²) in [7, 11) is 0. The van der Waals surface area contributed by atoms with Gasteiger partial charge in [-0.05, 0) is 70.2 Å². The fraction of sp³-hybridized carbons (Fsp3) is 0.300. The second-order valence-corrected chi connectivity index (χ2v) is 7.42. The van der Waals surface area contributed by atoms with Crippen molar-refractivity contribution in [3.8, 4) is 11.5 Å². The SMILES string of the molecule is CCC(C)c1ccc(OCC(=O)NNC(=O)COc2ccc(Cl)cc2)c(Br)c1. The van der Waals surface area contributed by atoms with Gasteiger partial charge in [0, 0.05) is 5.02 Å². The molecule has 1 unspecified atom stereocenters. The van der Waals surface area contributed by atoms with Crippen LogP contribution in [-0.2, 0) is 9.59 Å². The van der Waals surface area contributed by atoms with Crippen LogP contribution in [0, 0.1) is 0 Å². The van der Waals surface area contributed by atoms with Gasteiger partial charge >= 0.3 is 0 Å². The number of nitrogens with one attached hydrogen (secondary N) is 2. The largest absolute Gasteiger partial charge is 0.484 e. The van der Waals surface area contributed by atoms with E-state index < -0.39 is 11.8 Å². The summed E-state index contributed by atoms with van der Waals surface area (Å²) in [6, 6.07) is 12.4. The van der Waals surface area contributed by atoms with Crippen molar-refractivity contribution in [3.63, 3.8) is 0 Å². The Labute approximate surface area is 177 Å². The second-order valence-electron chi connectivity index (χ2n) is 6.13. The van der Waals surface area contributed by atoms with Crippen molar-refractivity contribution in [3.05, 3.63) is 57.5 Å². The number of hydrogen-bond acceptors (Lipinski definition) is 4. The average molecular weight is 470 g/mol. The normalized spacial score (nSPS) is 11.4. The van der Waals surface area contributed by atoms with Crippen LogP contribution < -0.4 is 20.3 Å². The molecule has 0 aliphatic heterocycles. The number of carbonyl (C=O) groups excluding carboxylic acids is 2. The van der Waals surface area contributed by atoms with Crippen LogP contribution in [0.1, 0.15) is 31.7 Å². The van der Waals surface area contributed by atoms with E-state index in [1.807, 2.05) is 18.2 Å². The van der Waals surface area contributed by atoms with Crippen molar-refractivity contribution in [2.45, 2.75) is 26.2 Å². The van der Waals surface area contributed by atoms with Gasteiger partial charge in [-0.15, -0.1) is 0 Å². The Kier molecular flexibility index (Phi) is 8.60. The van der Waals surface area contributed by atoms with E-state index in [-0.39, 0.29) is 13.2 Å². The van der Waals surface area contributed by atoms with Crippen molar-refractivity contribution in [1.29, 1.82) is 0 Å². The lowest BCUT2D eigenvalue weighted by Gasteiger charge is -2.13. The third kappa shape index (κ3) is 7.05. The van der Waals surface area contributed by atoms with Crippen LogP contribution >= 0.6 is 27.5 Å². The van der Waals surface area contributed by atoms with Gasteiger partial charge in [-0.1, -0.05) is 31.5 Å². The highest BCUT2D eigenvalue weighted by Gasteiger charge is 2.10. The first-order chi connectivity index (χ1) is 13.4. The molecule has 2 aromatic rings. The molecule has 2 aromatic carbocycles. The van der Waals surface area contributed by atoms with E-state index in [1.165, 1.54) is 5.56 Å². The van der Waals surface area contributed by atoms with Gasteiger partial charge in [0.1, 0.15) is 11.5 Å². The van der Waals surface area contributed by atoms with E-state index in [1.54, 1.807) is 24.3 Å². The Morgan fingerprint density at radius 1 is 1.04 bits per heavy atom. The molecule has 0 radical (unpaired) electrons. The molecule has 1 atom stereocenters. The Balaban J connectivity index is 1.72. The summed E-state index contributed by atoms with van der Waals surface area (Å²) < 4.78 is 11.5. The molecule has 2 N–H and O–H groups in total. The summed E-state index contributed by atoms with van der Waals surface area (Å²) in [6.45, 7) is 3.79. The number of amides is 2. The summed E-state index contributed by atoms with van der Waals surface area (Å²) in [5.41, 5.74) is 5.74. The van der Waals surface area contributed by atoms with Crippen LogP contribution in [0.25, 0.3) is 0 Å². The predicted octanol–water partition coefficient (Wildman–Crippen LogP) is 4.22. The fourth-order valence-electron chi connectivity index (χ4n) is 2.21. The standard InChI is InChI=1S/C20H22BrClN2O4/c1-3-13(2)14-4-9-18(17(21)10-14)28-12-20(26)24-23-19(25)11-27-16-7-5-15(22)6-8-16/h4-10,13H,3,11-12H2,1-2H3,(H,23,25)(H,24,26). The van der Waals surface area contributed by atoms with Crippen LogP contribution in [0.2, 0.25) is 5.02 Å². The quantitative estimate of drug-likeness (QED) is 0.568. The molecular weight excluding hydrogens is 448 g/mol. The summed E-state index contributed by atoms with van der Waals surface area (Å²) in [4.78, 5) is 23.6. The molecule has 0 spiro atoms. The van der Waals surface area contributed by atoms with Gasteiger partial charge < -0.3 is 9.47 Å². The number of hydrazine groups is 1. The van der Waals surface area contributed by atoms with Gasteiger partial charge in [0.15, 0.2) is 13.2 Å². The molecule has 0 fully saturated rings. The van der Waals surface area contributed by atoms with Gasteiger partial charge in [0.25, 0.3) is 11.8 Å². The molecule has 8 heteroatoms. The van der Waals surface area contributed by atoms with Crippen LogP contribution in [-0.4, -0.2) is 25.0 Å². The molecule has 150 valence electrons. The van der Waals surface area contributed by atoms with E-state index in [0.29, 0.717) is 22.4 Å². The summed E-state index contributed by atoms with van der Waals surface area (Å²) in [6.07, 6.45) is 1.04. The number of carbonyl (C=O) groups is 2. The minimum absolute atomic E-state index is 0.237. The number of benzene rings is 2. The zero-order chi connectivity index (χ0) is 20.5. The van der Waals surface area contributed by atoms with Gasteiger partial charge in [0.2, 0.25) is 0 Å². The second kappa shape index (κ2) is 10.9. The molecule has 28 heavy (non-hydrogen) atoms. The molecule has 0 saturated carbocycles. The Bertz CT molecular complexity index is 814. The molecule has 2 rings (SSSR count). The number of rotatable bonds is 8. The van der Waals surface area contributed by atoms with Gasteiger partial charge in [0.05, 0.1) is 4.47 Å². The Morgan fingerprint density at radius 3 is 2.21 bits per heavy atom. The highest BCUT2D eigenvalue weighted by atomic mass is 79.9. The zero-order valence-corrected chi connectivity index (χ0v) is 18.0. The molecule has 2 amide bonds. The minimum Gasteiger partial charge on any atom is -0.484 e. The topological polar surface area (TPSA) is 76.7 Å². The Hall–Kier alpha value is -2.25. The number of hydrogen-bond donors (Lipinski definition) is 2. The lowest BCUT2D eigenvalue weighted by atomic mass is 9.99. The summed E-state index contributed by atoms with van der Waals surface area (Å²) >= 11 is 9.23. The highest BCUT2D eigenvalue weighted by Crippen LogP contribution is 2.30. The lowest BCUT2D eigenvalue weighted by molar-refractivity contribution is -0.131. The van der Waals surface area contributed by atoms with Crippen molar-refractivity contribution in [2.75, 3.05) is 13.2 Å². The molecule has 0 aromatic heterocycles. The van der Waals surface area contributed by atoms with E-state index >= 15 is 0 Å². The smallest absolute Gasteiger partial charge is 0.276 e. The predicted molar refractivity (Wildman–Crippen MR) is 112 cm³/mol. The number of ether oxygens (including phenoxy) is 2. The molecule has 6 nitrogen and oxygen atoms in total. The maximum Gasteiger partial charge on any atom is 0.276 e. The third-order valence-electron chi connectivity index (χ3n) is 4.02. The van der Waals surface area contributed by atoms with E-state index in [0.717, 1.165) is 10.9 Å². The minimum atomic E-state index is -0.498. The fourth-order valence-corrected chi connectivity index (χ4v) is 2.85. The van der Waals surface area contributed by atoms with E-state index in [4.69, 9.17) is 21.1 Å². The number of halogens is 2. The van der Waals surface area contributed by atoms with Gasteiger partial charge in [-0.2, -0.15) is 0 Å². The summed E-state index contributed by atoms with van der Waals surface area (Å²) in [5.74, 6) is 0.513. The first kappa shape index (κ1) is 22.0. The maximum atomic E-state index is 11.8. The van der Waals surface area contributed by atoms with Crippen molar-refractivity contribution in [1.82, 2.24) is 10.9 Å². The first-order valence-electron chi connectivity index (χ1n) is 8.77. The molecule has 0 aliphatic rings. The third-order valence-corrected chi connectivity index (χ3v) is 4.89. The molecule has 0 heterocycles. The summed E-state index contributed by atoms with van der Waals surface area (Å²) in [5, 5.41) is 0.574. The van der Waals surface area contributed by atoms with Crippen molar-refractivity contribution < 1.29 is 19.1 Å². The monoisotopic (exact) mass is 468 g/mol. The zero-order valence-electron chi connectivity index (χ0n) is 15.6. The van der Waals surface area contributed by atoms with E-state index in [9.17, 15) is 9.59 Å². The van der Waals surface area contributed by atoms with Gasteiger partial charge in [-0.25, -0.2) is 0 Å². The van der Waals surface area contributed by atoms with Crippen LogP contribution in [0.5, 0.6) is 11.5 Å². The molecular formula is C20H22BrClN2O4. The van der Waals surface area contributed by atoms with E-state index in [2.05, 4.69) is 40.6 Å². The molecule has 0 aliphatic carbocycles. The van der Waals surface area contributed by atoms with Gasteiger partial charge in [-0.3, -0.25) is 20.4 Å².